The highest BCUT2D eigenvalue weighted by atomic mass is 16.5. The van der Waals surface area contributed by atoms with Gasteiger partial charge in [0.05, 0.1) is 13.2 Å². The number of nitrogens with zero attached hydrogens (tertiary/aromatic N) is 1. The van der Waals surface area contributed by atoms with Gasteiger partial charge < -0.3 is 28.9 Å². The maximum atomic E-state index is 13.2. The van der Waals surface area contributed by atoms with E-state index in [0.29, 0.717) is 21.9 Å². The van der Waals surface area contributed by atoms with Crippen LogP contribution >= 0.6 is 0 Å². The molecule has 11 nitrogen and oxygen atoms in total. The number of rotatable bonds is 8. The van der Waals surface area contributed by atoms with E-state index < -0.39 is 23.8 Å². The number of carbonyl (C=O) groups is 4. The lowest BCUT2D eigenvalue weighted by atomic mass is 10.2. The number of benzene rings is 2. The van der Waals surface area contributed by atoms with Gasteiger partial charge in [0.25, 0.3) is 11.8 Å². The Balaban J connectivity index is 1.43. The molecule has 2 aromatic carbocycles. The maximum Gasteiger partial charge on any atom is 0.376 e. The van der Waals surface area contributed by atoms with E-state index in [1.165, 1.54) is 18.2 Å². The van der Waals surface area contributed by atoms with Gasteiger partial charge in [-0.3, -0.25) is 9.59 Å². The van der Waals surface area contributed by atoms with Crippen LogP contribution in [0.3, 0.4) is 0 Å². The third-order valence-electron chi connectivity index (χ3n) is 5.80. The number of para-hydroxylation sites is 2. The molecule has 3 heterocycles. The van der Waals surface area contributed by atoms with E-state index in [4.69, 9.17) is 18.3 Å². The normalized spacial score (nSPS) is 10.8. The molecule has 0 aliphatic carbocycles. The van der Waals surface area contributed by atoms with Gasteiger partial charge in [0.15, 0.2) is 0 Å². The fraction of sp³-hybridized carbons (Fsp3) is 0.138. The molecule has 11 heteroatoms. The van der Waals surface area contributed by atoms with Crippen LogP contribution in [-0.4, -0.2) is 42.0 Å². The van der Waals surface area contributed by atoms with Crippen molar-refractivity contribution in [3.05, 3.63) is 89.6 Å². The summed E-state index contributed by atoms with van der Waals surface area (Å²) in [5.74, 6) is -3.17. The molecule has 0 saturated heterocycles. The number of fused-ring (bicyclic) bond motifs is 2. The predicted octanol–water partition coefficient (Wildman–Crippen LogP) is 5.43. The zero-order valence-corrected chi connectivity index (χ0v) is 21.5. The van der Waals surface area contributed by atoms with E-state index in [0.717, 1.165) is 0 Å². The van der Waals surface area contributed by atoms with E-state index in [2.05, 4.69) is 15.6 Å². The number of amides is 2. The van der Waals surface area contributed by atoms with Crippen LogP contribution in [0.4, 0.5) is 11.4 Å². The van der Waals surface area contributed by atoms with Crippen molar-refractivity contribution in [3.8, 4) is 0 Å². The molecule has 2 amide bonds. The second-order valence-electron chi connectivity index (χ2n) is 8.36. The molecule has 0 atom stereocenters. The Morgan fingerprint density at radius 2 is 1.07 bits per heavy atom. The number of pyridine rings is 1. The van der Waals surface area contributed by atoms with Crippen molar-refractivity contribution in [3.63, 3.8) is 0 Å². The van der Waals surface area contributed by atoms with Crippen molar-refractivity contribution in [1.29, 1.82) is 0 Å². The number of ether oxygens (including phenoxy) is 2. The monoisotopic (exact) mass is 541 g/mol. The minimum Gasteiger partial charge on any atom is -0.460 e. The number of aromatic nitrogens is 1. The zero-order chi connectivity index (χ0) is 28.2. The molecule has 40 heavy (non-hydrogen) atoms. The minimum absolute atomic E-state index is 0.101. The zero-order valence-electron chi connectivity index (χ0n) is 21.5. The number of nitrogens with one attached hydrogen (secondary N) is 2. The third kappa shape index (κ3) is 4.99. The average molecular weight is 542 g/mol. The molecular formula is C29H23N3O8. The molecule has 0 aliphatic rings. The topological polar surface area (TPSA) is 150 Å². The van der Waals surface area contributed by atoms with Crippen molar-refractivity contribution in [2.75, 3.05) is 23.8 Å². The SMILES string of the molecule is CCOC(=O)c1oc2ccccc2c1NC(=O)c1cccc(C(=O)Nc2c(C(=O)OCC)oc3ccccc23)n1. The summed E-state index contributed by atoms with van der Waals surface area (Å²) in [5.41, 5.74) is 0.809. The smallest absolute Gasteiger partial charge is 0.376 e. The Kier molecular flexibility index (Phi) is 7.27. The Hall–Kier alpha value is -5.45. The summed E-state index contributed by atoms with van der Waals surface area (Å²) in [6.45, 7) is 3.54. The quantitative estimate of drug-likeness (QED) is 0.245. The number of furan rings is 2. The van der Waals surface area contributed by atoms with Crippen LogP contribution in [0.2, 0.25) is 0 Å². The van der Waals surface area contributed by atoms with Gasteiger partial charge in [-0.25, -0.2) is 14.6 Å². The summed E-state index contributed by atoms with van der Waals surface area (Å²) in [4.78, 5) is 55.6. The molecule has 0 radical (unpaired) electrons. The first-order chi connectivity index (χ1) is 19.4. The van der Waals surface area contributed by atoms with Crippen LogP contribution in [-0.2, 0) is 9.47 Å². The van der Waals surface area contributed by atoms with Gasteiger partial charge >= 0.3 is 11.9 Å². The maximum absolute atomic E-state index is 13.2. The summed E-state index contributed by atoms with van der Waals surface area (Å²) in [6.07, 6.45) is 0. The summed E-state index contributed by atoms with van der Waals surface area (Å²) in [5, 5.41) is 6.30. The van der Waals surface area contributed by atoms with Crippen molar-refractivity contribution < 1.29 is 37.5 Å². The molecule has 5 rings (SSSR count). The number of carbonyl (C=O) groups excluding carboxylic acids is 4. The van der Waals surface area contributed by atoms with Gasteiger partial charge in [0.2, 0.25) is 11.5 Å². The van der Waals surface area contributed by atoms with Crippen LogP contribution in [0.25, 0.3) is 21.9 Å². The lowest BCUT2D eigenvalue weighted by molar-refractivity contribution is 0.0485. The molecule has 2 N–H and O–H groups in total. The highest BCUT2D eigenvalue weighted by molar-refractivity contribution is 6.15. The summed E-state index contributed by atoms with van der Waals surface area (Å²) in [7, 11) is 0. The Morgan fingerprint density at radius 1 is 0.650 bits per heavy atom. The van der Waals surface area contributed by atoms with Crippen molar-refractivity contribution in [1.82, 2.24) is 4.98 Å². The summed E-state index contributed by atoms with van der Waals surface area (Å²) >= 11 is 0. The van der Waals surface area contributed by atoms with Gasteiger partial charge in [-0.05, 0) is 50.2 Å². The van der Waals surface area contributed by atoms with Gasteiger partial charge in [-0.15, -0.1) is 0 Å². The highest BCUT2D eigenvalue weighted by Gasteiger charge is 2.26. The van der Waals surface area contributed by atoms with Crippen LogP contribution in [0.1, 0.15) is 55.9 Å². The molecule has 3 aromatic heterocycles. The first kappa shape index (κ1) is 26.2. The van der Waals surface area contributed by atoms with E-state index >= 15 is 0 Å². The number of hydrogen-bond acceptors (Lipinski definition) is 9. The largest absolute Gasteiger partial charge is 0.460 e. The highest BCUT2D eigenvalue weighted by Crippen LogP contribution is 2.33. The summed E-state index contributed by atoms with van der Waals surface area (Å²) < 4.78 is 21.4. The fourth-order valence-electron chi connectivity index (χ4n) is 4.06. The fourth-order valence-corrected chi connectivity index (χ4v) is 4.06. The summed E-state index contributed by atoms with van der Waals surface area (Å²) in [6, 6.07) is 17.9. The minimum atomic E-state index is -0.736. The van der Waals surface area contributed by atoms with Crippen molar-refractivity contribution in [2.24, 2.45) is 0 Å². The molecule has 0 fully saturated rings. The van der Waals surface area contributed by atoms with Gasteiger partial charge in [-0.1, -0.05) is 30.3 Å². The van der Waals surface area contributed by atoms with Crippen molar-refractivity contribution in [2.45, 2.75) is 13.8 Å². The van der Waals surface area contributed by atoms with Gasteiger partial charge in [0.1, 0.15) is 33.9 Å². The van der Waals surface area contributed by atoms with E-state index in [1.54, 1.807) is 62.4 Å². The van der Waals surface area contributed by atoms with Gasteiger partial charge in [0, 0.05) is 10.8 Å². The lowest BCUT2D eigenvalue weighted by Crippen LogP contribution is -2.20. The average Bonchev–Trinajstić information content (AvgIpc) is 3.52. The first-order valence-corrected chi connectivity index (χ1v) is 12.4. The Bertz CT molecular complexity index is 1640. The molecular weight excluding hydrogens is 518 g/mol. The number of esters is 2. The van der Waals surface area contributed by atoms with Gasteiger partial charge in [-0.2, -0.15) is 0 Å². The lowest BCUT2D eigenvalue weighted by Gasteiger charge is -2.08. The van der Waals surface area contributed by atoms with E-state index in [1.807, 2.05) is 0 Å². The molecule has 0 unspecified atom stereocenters. The molecule has 0 bridgehead atoms. The number of hydrogen-bond donors (Lipinski definition) is 2. The Morgan fingerprint density at radius 3 is 1.50 bits per heavy atom. The standard InChI is InChI=1S/C29H23N3O8/c1-3-37-28(35)24-22(16-10-5-7-14-20(16)39-24)31-26(33)18-12-9-13-19(30-18)27(34)32-23-17-11-6-8-15-21(17)40-25(23)29(36)38-4-2/h5-15H,3-4H2,1-2H3,(H,31,33)(H,32,34). The van der Waals surface area contributed by atoms with Crippen molar-refractivity contribution >= 4 is 57.1 Å². The molecule has 0 saturated carbocycles. The second-order valence-corrected chi connectivity index (χ2v) is 8.36. The van der Waals surface area contributed by atoms with E-state index in [9.17, 15) is 19.2 Å². The Labute approximate surface area is 227 Å². The molecule has 0 spiro atoms. The van der Waals surface area contributed by atoms with Crippen LogP contribution in [0.5, 0.6) is 0 Å². The molecule has 202 valence electrons. The molecule has 0 aliphatic heterocycles. The predicted molar refractivity (Wildman–Crippen MR) is 144 cm³/mol. The molecule has 5 aromatic rings. The number of anilines is 2. The third-order valence-corrected chi connectivity index (χ3v) is 5.80. The van der Waals surface area contributed by atoms with Crippen LogP contribution in [0, 0.1) is 0 Å². The van der Waals surface area contributed by atoms with Crippen LogP contribution in [0.15, 0.2) is 75.6 Å². The first-order valence-electron chi connectivity index (χ1n) is 12.4. The second kappa shape index (κ2) is 11.1. The van der Waals surface area contributed by atoms with Crippen LogP contribution < -0.4 is 10.6 Å². The van der Waals surface area contributed by atoms with E-state index in [-0.39, 0.29) is 47.5 Å².